The Morgan fingerprint density at radius 2 is 1.74 bits per heavy atom. The monoisotopic (exact) mass is 310 g/mol. The zero-order chi connectivity index (χ0) is 16.1. The van der Waals surface area contributed by atoms with E-state index in [2.05, 4.69) is 29.6 Å². The maximum Gasteiger partial charge on any atom is 0.143 e. The maximum atomic E-state index is 13.6. The molecule has 4 heteroatoms. The Balaban J connectivity index is 1.60. The van der Waals surface area contributed by atoms with Gasteiger partial charge in [-0.25, -0.2) is 4.39 Å². The number of nitrogens with zero attached hydrogens (tertiary/aromatic N) is 1. The van der Waals surface area contributed by atoms with Gasteiger partial charge in [0.2, 0.25) is 0 Å². The van der Waals surface area contributed by atoms with Gasteiger partial charge < -0.3 is 10.2 Å². The molecule has 0 aromatic heterocycles. The molecule has 0 atom stereocenters. The van der Waals surface area contributed by atoms with Gasteiger partial charge in [-0.3, -0.25) is 0 Å². The summed E-state index contributed by atoms with van der Waals surface area (Å²) in [5, 5.41) is 12.2. The molecule has 0 saturated carbocycles. The third kappa shape index (κ3) is 3.88. The zero-order valence-corrected chi connectivity index (χ0v) is 13.1. The van der Waals surface area contributed by atoms with Gasteiger partial charge in [0.25, 0.3) is 0 Å². The third-order valence-corrected chi connectivity index (χ3v) is 4.40. The summed E-state index contributed by atoms with van der Waals surface area (Å²) in [4.78, 5) is 1.66. The van der Waals surface area contributed by atoms with Crippen LogP contribution in [0.25, 0.3) is 0 Å². The fourth-order valence-electron chi connectivity index (χ4n) is 3.10. The number of anilines is 1. The third-order valence-electron chi connectivity index (χ3n) is 4.40. The van der Waals surface area contributed by atoms with E-state index >= 15 is 0 Å². The van der Waals surface area contributed by atoms with Crippen LogP contribution in [0.15, 0.2) is 42.5 Å². The van der Waals surface area contributed by atoms with Crippen LogP contribution in [0.2, 0.25) is 0 Å². The molecular formula is C19H21FN3+. The van der Waals surface area contributed by atoms with Crippen molar-refractivity contribution in [2.75, 3.05) is 18.4 Å². The molecule has 0 amide bonds. The second-order valence-corrected chi connectivity index (χ2v) is 6.08. The van der Waals surface area contributed by atoms with Crippen molar-refractivity contribution in [2.45, 2.75) is 25.9 Å². The molecule has 3 rings (SSSR count). The van der Waals surface area contributed by atoms with E-state index in [1.54, 1.807) is 17.0 Å². The summed E-state index contributed by atoms with van der Waals surface area (Å²) in [5.41, 5.74) is 3.09. The first-order valence-electron chi connectivity index (χ1n) is 8.10. The molecule has 1 aliphatic rings. The first-order valence-corrected chi connectivity index (χ1v) is 8.10. The lowest BCUT2D eigenvalue weighted by Crippen LogP contribution is -3.08. The fourth-order valence-corrected chi connectivity index (χ4v) is 3.10. The van der Waals surface area contributed by atoms with E-state index < -0.39 is 5.82 Å². The van der Waals surface area contributed by atoms with Crippen molar-refractivity contribution >= 4 is 5.69 Å². The van der Waals surface area contributed by atoms with Crippen LogP contribution in [-0.4, -0.2) is 13.1 Å². The van der Waals surface area contributed by atoms with Crippen LogP contribution < -0.4 is 10.2 Å². The molecule has 0 radical (unpaired) electrons. The largest absolute Gasteiger partial charge is 0.380 e. The summed E-state index contributed by atoms with van der Waals surface area (Å²) >= 11 is 0. The molecule has 2 aromatic rings. The number of halogens is 1. The lowest BCUT2D eigenvalue weighted by atomic mass is 10.1. The topological polar surface area (TPSA) is 40.3 Å². The van der Waals surface area contributed by atoms with Crippen molar-refractivity contribution < 1.29 is 9.29 Å². The second kappa shape index (κ2) is 7.26. The van der Waals surface area contributed by atoms with Crippen LogP contribution in [0, 0.1) is 17.1 Å². The molecule has 3 nitrogen and oxygen atoms in total. The van der Waals surface area contributed by atoms with E-state index in [1.165, 1.54) is 37.6 Å². The first-order chi connectivity index (χ1) is 11.3. The zero-order valence-electron chi connectivity index (χ0n) is 13.1. The number of likely N-dealkylation sites (tertiary alicyclic amines) is 1. The van der Waals surface area contributed by atoms with E-state index in [0.717, 1.165) is 12.1 Å². The molecule has 0 spiro atoms. The highest BCUT2D eigenvalue weighted by atomic mass is 19.1. The highest BCUT2D eigenvalue weighted by Gasteiger charge is 2.15. The number of nitrogens with one attached hydrogen (secondary N) is 2. The van der Waals surface area contributed by atoms with Gasteiger partial charge in [0.05, 0.1) is 18.8 Å². The van der Waals surface area contributed by atoms with Gasteiger partial charge in [0, 0.05) is 24.9 Å². The van der Waals surface area contributed by atoms with Gasteiger partial charge in [0.15, 0.2) is 0 Å². The quantitative estimate of drug-likeness (QED) is 0.891. The smallest absolute Gasteiger partial charge is 0.143 e. The van der Waals surface area contributed by atoms with E-state index in [1.807, 2.05) is 6.07 Å². The molecule has 118 valence electrons. The second-order valence-electron chi connectivity index (χ2n) is 6.08. The van der Waals surface area contributed by atoms with Crippen LogP contribution in [0.4, 0.5) is 10.1 Å². The Bertz CT molecular complexity index is 698. The molecule has 0 aliphatic carbocycles. The van der Waals surface area contributed by atoms with Crippen molar-refractivity contribution in [1.29, 1.82) is 5.26 Å². The fraction of sp³-hybridized carbons (Fsp3) is 0.316. The number of benzene rings is 2. The summed E-state index contributed by atoms with van der Waals surface area (Å²) < 4.78 is 13.6. The Labute approximate surface area is 136 Å². The number of hydrogen-bond donors (Lipinski definition) is 2. The van der Waals surface area contributed by atoms with Crippen LogP contribution in [0.1, 0.15) is 29.5 Å². The Kier molecular flexibility index (Phi) is 4.89. The highest BCUT2D eigenvalue weighted by Crippen LogP contribution is 2.18. The van der Waals surface area contributed by atoms with Crippen molar-refractivity contribution in [3.63, 3.8) is 0 Å². The minimum absolute atomic E-state index is 0.0711. The molecule has 0 bridgehead atoms. The molecule has 1 saturated heterocycles. The highest BCUT2D eigenvalue weighted by molar-refractivity contribution is 5.58. The Morgan fingerprint density at radius 3 is 2.43 bits per heavy atom. The van der Waals surface area contributed by atoms with Crippen molar-refractivity contribution in [2.24, 2.45) is 0 Å². The average molecular weight is 310 g/mol. The van der Waals surface area contributed by atoms with Crippen molar-refractivity contribution in [3.05, 3.63) is 65.0 Å². The van der Waals surface area contributed by atoms with Gasteiger partial charge in [-0.15, -0.1) is 0 Å². The molecular weight excluding hydrogens is 289 g/mol. The Hall–Kier alpha value is -2.38. The number of rotatable bonds is 5. The van der Waals surface area contributed by atoms with E-state index in [9.17, 15) is 4.39 Å². The van der Waals surface area contributed by atoms with Crippen LogP contribution in [0.3, 0.4) is 0 Å². The van der Waals surface area contributed by atoms with Crippen LogP contribution in [-0.2, 0) is 13.1 Å². The molecule has 0 unspecified atom stereocenters. The average Bonchev–Trinajstić information content (AvgIpc) is 3.07. The van der Waals surface area contributed by atoms with Gasteiger partial charge in [0.1, 0.15) is 24.0 Å². The first kappa shape index (κ1) is 15.5. The van der Waals surface area contributed by atoms with E-state index in [0.29, 0.717) is 12.2 Å². The number of quaternary nitrogens is 1. The summed E-state index contributed by atoms with van der Waals surface area (Å²) in [7, 11) is 0. The maximum absolute atomic E-state index is 13.6. The minimum atomic E-state index is -0.485. The predicted octanol–water partition coefficient (Wildman–Crippen LogP) is 2.49. The SMILES string of the molecule is N#Cc1c(F)cccc1NCc1ccc(C[NH+]2CCCC2)cc1. The van der Waals surface area contributed by atoms with Crippen molar-refractivity contribution in [1.82, 2.24) is 0 Å². The van der Waals surface area contributed by atoms with Crippen molar-refractivity contribution in [3.8, 4) is 6.07 Å². The summed E-state index contributed by atoms with van der Waals surface area (Å²) in [6.07, 6.45) is 2.68. The normalized spacial score (nSPS) is 14.6. The van der Waals surface area contributed by atoms with Crippen LogP contribution >= 0.6 is 0 Å². The summed E-state index contributed by atoms with van der Waals surface area (Å²) in [5.74, 6) is -0.485. The van der Waals surface area contributed by atoms with Gasteiger partial charge in [-0.05, 0) is 17.7 Å². The molecule has 23 heavy (non-hydrogen) atoms. The minimum Gasteiger partial charge on any atom is -0.380 e. The molecule has 1 fully saturated rings. The molecule has 2 N–H and O–H groups in total. The summed E-state index contributed by atoms with van der Waals surface area (Å²) in [6.45, 7) is 4.23. The van der Waals surface area contributed by atoms with E-state index in [4.69, 9.17) is 5.26 Å². The molecule has 1 aliphatic heterocycles. The number of nitriles is 1. The van der Waals surface area contributed by atoms with Crippen LogP contribution in [0.5, 0.6) is 0 Å². The lowest BCUT2D eigenvalue weighted by molar-refractivity contribution is -0.901. The lowest BCUT2D eigenvalue weighted by Gasteiger charge is -2.13. The summed E-state index contributed by atoms with van der Waals surface area (Å²) in [6, 6.07) is 15.1. The standard InChI is InChI=1S/C19H20FN3/c20-18-4-3-5-19(17(18)12-21)22-13-15-6-8-16(9-7-15)14-23-10-1-2-11-23/h3-9,22H,1-2,10-11,13-14H2/p+1. The Morgan fingerprint density at radius 1 is 1.04 bits per heavy atom. The predicted molar refractivity (Wildman–Crippen MR) is 88.5 cm³/mol. The van der Waals surface area contributed by atoms with Gasteiger partial charge in [-0.1, -0.05) is 30.3 Å². The van der Waals surface area contributed by atoms with Gasteiger partial charge in [-0.2, -0.15) is 5.26 Å². The number of hydrogen-bond acceptors (Lipinski definition) is 2. The molecule has 1 heterocycles. The van der Waals surface area contributed by atoms with E-state index in [-0.39, 0.29) is 5.56 Å². The van der Waals surface area contributed by atoms with Gasteiger partial charge >= 0.3 is 0 Å². The molecule has 2 aromatic carbocycles.